The van der Waals surface area contributed by atoms with E-state index in [2.05, 4.69) is 0 Å². The van der Waals surface area contributed by atoms with Crippen LogP contribution < -0.4 is 9.47 Å². The summed E-state index contributed by atoms with van der Waals surface area (Å²) in [5, 5.41) is 2.80. The normalized spacial score (nSPS) is 13.7. The molecule has 0 atom stereocenters. The van der Waals surface area contributed by atoms with Crippen molar-refractivity contribution in [2.45, 2.75) is 26.2 Å². The largest absolute Gasteiger partial charge is 0.497 e. The number of amides is 2. The third-order valence-electron chi connectivity index (χ3n) is 4.26. The van der Waals surface area contributed by atoms with Gasteiger partial charge in [-0.3, -0.25) is 19.4 Å². The Labute approximate surface area is 164 Å². The molecule has 2 rings (SSSR count). The van der Waals surface area contributed by atoms with Crippen LogP contribution in [0.2, 0.25) is 0 Å². The first kappa shape index (κ1) is 21.3. The van der Waals surface area contributed by atoms with Crippen molar-refractivity contribution in [1.29, 1.82) is 0 Å². The lowest BCUT2D eigenvalue weighted by atomic mass is 10.1. The molecule has 1 aromatic carbocycles. The van der Waals surface area contributed by atoms with Crippen LogP contribution in [-0.4, -0.2) is 61.7 Å². The number of carbonyl (C=O) groups is 3. The predicted molar refractivity (Wildman–Crippen MR) is 102 cm³/mol. The summed E-state index contributed by atoms with van der Waals surface area (Å²) in [6.45, 7) is 2.89. The molecular weight excluding hydrogens is 364 g/mol. The Morgan fingerprint density at radius 1 is 1.07 bits per heavy atom. The van der Waals surface area contributed by atoms with E-state index in [9.17, 15) is 14.4 Å². The van der Waals surface area contributed by atoms with Gasteiger partial charge in [0, 0.05) is 31.1 Å². The maximum atomic E-state index is 12.6. The zero-order valence-corrected chi connectivity index (χ0v) is 16.5. The SMILES string of the molecule is CCOC(=O)CCC(=O)N1CCCN1C(=O)C=Cc1cc(OC)ccc1OC. The Morgan fingerprint density at radius 2 is 1.82 bits per heavy atom. The second kappa shape index (κ2) is 10.3. The topological polar surface area (TPSA) is 85.4 Å². The third kappa shape index (κ3) is 5.48. The van der Waals surface area contributed by atoms with Gasteiger partial charge in [0.2, 0.25) is 5.91 Å². The number of ether oxygens (including phenoxy) is 3. The molecule has 2 amide bonds. The van der Waals surface area contributed by atoms with Crippen LogP contribution in [0.3, 0.4) is 0 Å². The standard InChI is InChI=1S/C20H26N2O6/c1-4-28-20(25)11-10-19(24)22-13-5-12-21(22)18(23)9-6-15-14-16(26-2)7-8-17(15)27-3/h6-9,14H,4-5,10-13H2,1-3H3. The Hall–Kier alpha value is -3.03. The molecule has 1 aliphatic heterocycles. The minimum absolute atomic E-state index is 0.00204. The molecule has 28 heavy (non-hydrogen) atoms. The fraction of sp³-hybridized carbons (Fsp3) is 0.450. The number of carbonyl (C=O) groups excluding carboxylic acids is 3. The summed E-state index contributed by atoms with van der Waals surface area (Å²) >= 11 is 0. The number of hydrogen-bond acceptors (Lipinski definition) is 6. The molecular formula is C20H26N2O6. The number of hydrazine groups is 1. The summed E-state index contributed by atoms with van der Waals surface area (Å²) in [4.78, 5) is 36.4. The van der Waals surface area contributed by atoms with Gasteiger partial charge in [0.25, 0.3) is 5.91 Å². The molecule has 1 fully saturated rings. The molecule has 1 saturated heterocycles. The van der Waals surface area contributed by atoms with E-state index in [1.165, 1.54) is 16.1 Å². The summed E-state index contributed by atoms with van der Waals surface area (Å²) in [7, 11) is 3.11. The number of rotatable bonds is 8. The minimum Gasteiger partial charge on any atom is -0.497 e. The lowest BCUT2D eigenvalue weighted by Crippen LogP contribution is -2.44. The highest BCUT2D eigenvalue weighted by Gasteiger charge is 2.29. The lowest BCUT2D eigenvalue weighted by Gasteiger charge is -2.26. The van der Waals surface area contributed by atoms with Crippen molar-refractivity contribution in [1.82, 2.24) is 10.0 Å². The summed E-state index contributed by atoms with van der Waals surface area (Å²) in [5.74, 6) is 0.245. The molecule has 152 valence electrons. The Kier molecular flexibility index (Phi) is 7.86. The van der Waals surface area contributed by atoms with E-state index in [1.807, 2.05) is 0 Å². The molecule has 0 radical (unpaired) electrons. The number of benzene rings is 1. The van der Waals surface area contributed by atoms with E-state index in [0.717, 1.165) is 0 Å². The van der Waals surface area contributed by atoms with E-state index < -0.39 is 5.97 Å². The van der Waals surface area contributed by atoms with Gasteiger partial charge in [0.15, 0.2) is 0 Å². The fourth-order valence-corrected chi connectivity index (χ4v) is 2.89. The fourth-order valence-electron chi connectivity index (χ4n) is 2.89. The van der Waals surface area contributed by atoms with Crippen LogP contribution in [0.1, 0.15) is 31.7 Å². The first-order chi connectivity index (χ1) is 13.5. The smallest absolute Gasteiger partial charge is 0.306 e. The number of methoxy groups -OCH3 is 2. The molecule has 0 aliphatic carbocycles. The van der Waals surface area contributed by atoms with Gasteiger partial charge in [-0.15, -0.1) is 0 Å². The van der Waals surface area contributed by atoms with Crippen molar-refractivity contribution in [3.05, 3.63) is 29.8 Å². The van der Waals surface area contributed by atoms with Gasteiger partial charge in [-0.05, 0) is 37.6 Å². The molecule has 1 aliphatic rings. The maximum Gasteiger partial charge on any atom is 0.306 e. The zero-order chi connectivity index (χ0) is 20.5. The van der Waals surface area contributed by atoms with E-state index in [4.69, 9.17) is 14.2 Å². The molecule has 8 heteroatoms. The van der Waals surface area contributed by atoms with Gasteiger partial charge in [0.1, 0.15) is 11.5 Å². The number of nitrogens with zero attached hydrogens (tertiary/aromatic N) is 2. The Balaban J connectivity index is 2.03. The molecule has 8 nitrogen and oxygen atoms in total. The molecule has 0 aromatic heterocycles. The van der Waals surface area contributed by atoms with Crippen molar-refractivity contribution in [2.75, 3.05) is 33.9 Å². The lowest BCUT2D eigenvalue weighted by molar-refractivity contribution is -0.156. The highest BCUT2D eigenvalue weighted by molar-refractivity contribution is 5.94. The van der Waals surface area contributed by atoms with Crippen LogP contribution in [0.4, 0.5) is 0 Å². The van der Waals surface area contributed by atoms with Gasteiger partial charge in [0.05, 0.1) is 27.2 Å². The van der Waals surface area contributed by atoms with Gasteiger partial charge in [-0.25, -0.2) is 5.01 Å². The van der Waals surface area contributed by atoms with Gasteiger partial charge < -0.3 is 14.2 Å². The highest BCUT2D eigenvalue weighted by Crippen LogP contribution is 2.25. The average molecular weight is 390 g/mol. The maximum absolute atomic E-state index is 12.6. The second-order valence-corrected chi connectivity index (χ2v) is 6.08. The molecule has 1 heterocycles. The van der Waals surface area contributed by atoms with Crippen LogP contribution in [0.15, 0.2) is 24.3 Å². The van der Waals surface area contributed by atoms with Crippen molar-refractivity contribution >= 4 is 23.9 Å². The monoisotopic (exact) mass is 390 g/mol. The summed E-state index contributed by atoms with van der Waals surface area (Å²) in [5.41, 5.74) is 0.689. The molecule has 1 aromatic rings. The van der Waals surface area contributed by atoms with Crippen molar-refractivity contribution in [2.24, 2.45) is 0 Å². The summed E-state index contributed by atoms with van der Waals surface area (Å²) in [6.07, 6.45) is 3.73. The Bertz CT molecular complexity index is 746. The molecule has 0 saturated carbocycles. The summed E-state index contributed by atoms with van der Waals surface area (Å²) in [6, 6.07) is 5.28. The second-order valence-electron chi connectivity index (χ2n) is 6.08. The number of hydrogen-bond donors (Lipinski definition) is 0. The van der Waals surface area contributed by atoms with E-state index in [0.29, 0.717) is 36.6 Å². The van der Waals surface area contributed by atoms with Gasteiger partial charge in [-0.1, -0.05) is 0 Å². The Morgan fingerprint density at radius 3 is 2.50 bits per heavy atom. The van der Waals surface area contributed by atoms with Crippen LogP contribution in [0, 0.1) is 0 Å². The quantitative estimate of drug-likeness (QED) is 0.499. The van der Waals surface area contributed by atoms with Crippen LogP contribution in [0.5, 0.6) is 11.5 Å². The molecule has 0 spiro atoms. The van der Waals surface area contributed by atoms with Crippen LogP contribution in [0.25, 0.3) is 6.08 Å². The molecule has 0 unspecified atom stereocenters. The van der Waals surface area contributed by atoms with Crippen molar-refractivity contribution < 1.29 is 28.6 Å². The molecule has 0 N–H and O–H groups in total. The first-order valence-electron chi connectivity index (χ1n) is 9.17. The third-order valence-corrected chi connectivity index (χ3v) is 4.26. The van der Waals surface area contributed by atoms with Crippen LogP contribution >= 0.6 is 0 Å². The first-order valence-corrected chi connectivity index (χ1v) is 9.17. The van der Waals surface area contributed by atoms with E-state index >= 15 is 0 Å². The van der Waals surface area contributed by atoms with Crippen LogP contribution in [-0.2, 0) is 19.1 Å². The average Bonchev–Trinajstić information content (AvgIpc) is 3.20. The van der Waals surface area contributed by atoms with Crippen molar-refractivity contribution in [3.63, 3.8) is 0 Å². The van der Waals surface area contributed by atoms with Gasteiger partial charge >= 0.3 is 5.97 Å². The predicted octanol–water partition coefficient (Wildman–Crippen LogP) is 2.04. The van der Waals surface area contributed by atoms with E-state index in [-0.39, 0.29) is 31.3 Å². The minimum atomic E-state index is -0.419. The van der Waals surface area contributed by atoms with E-state index in [1.54, 1.807) is 45.4 Å². The van der Waals surface area contributed by atoms with Crippen molar-refractivity contribution in [3.8, 4) is 11.5 Å². The number of esters is 1. The zero-order valence-electron chi connectivity index (χ0n) is 16.5. The molecule has 0 bridgehead atoms. The highest BCUT2D eigenvalue weighted by atomic mass is 16.5. The van der Waals surface area contributed by atoms with Gasteiger partial charge in [-0.2, -0.15) is 0 Å². The summed E-state index contributed by atoms with van der Waals surface area (Å²) < 4.78 is 15.3.